The molecule has 108 valence electrons. The Kier molecular flexibility index (Phi) is 4.96. The molecule has 0 amide bonds. The number of benzene rings is 1. The minimum absolute atomic E-state index is 0.281. The van der Waals surface area contributed by atoms with Gasteiger partial charge in [-0.1, -0.05) is 32.9 Å². The minimum atomic E-state index is 0.281. The molecule has 0 fully saturated rings. The monoisotopic (exact) mass is 271 g/mol. The maximum Gasteiger partial charge on any atom is 0.0991 e. The van der Waals surface area contributed by atoms with Gasteiger partial charge >= 0.3 is 0 Å². The van der Waals surface area contributed by atoms with Gasteiger partial charge < -0.3 is 9.88 Å². The van der Waals surface area contributed by atoms with Crippen LogP contribution in [-0.4, -0.2) is 15.1 Å². The summed E-state index contributed by atoms with van der Waals surface area (Å²) in [6.07, 6.45) is 9.11. The van der Waals surface area contributed by atoms with Gasteiger partial charge in [-0.2, -0.15) is 0 Å². The van der Waals surface area contributed by atoms with E-state index in [4.69, 9.17) is 0 Å². The lowest BCUT2D eigenvalue weighted by molar-refractivity contribution is 0.288. The molecule has 20 heavy (non-hydrogen) atoms. The molecule has 0 radical (unpaired) electrons. The van der Waals surface area contributed by atoms with Crippen LogP contribution in [0.5, 0.6) is 0 Å². The van der Waals surface area contributed by atoms with Gasteiger partial charge in [-0.05, 0) is 37.0 Å². The van der Waals surface area contributed by atoms with Crippen molar-refractivity contribution in [2.24, 2.45) is 0 Å². The molecule has 0 bridgehead atoms. The van der Waals surface area contributed by atoms with Gasteiger partial charge in [-0.3, -0.25) is 0 Å². The number of aromatic nitrogens is 2. The molecule has 0 aliphatic rings. The molecular formula is C17H25N3. The second-order valence-electron chi connectivity index (χ2n) is 5.33. The predicted molar refractivity (Wildman–Crippen MR) is 84.0 cm³/mol. The Hall–Kier alpha value is -1.61. The van der Waals surface area contributed by atoms with Crippen LogP contribution in [0.4, 0.5) is 0 Å². The average Bonchev–Trinajstić information content (AvgIpc) is 3.04. The van der Waals surface area contributed by atoms with Gasteiger partial charge in [0.2, 0.25) is 0 Å². The van der Waals surface area contributed by atoms with E-state index in [0.29, 0.717) is 0 Å². The first-order valence-electron chi connectivity index (χ1n) is 7.55. The predicted octanol–water partition coefficient (Wildman–Crippen LogP) is 3.93. The lowest BCUT2D eigenvalue weighted by atomic mass is 9.89. The second-order valence-corrected chi connectivity index (χ2v) is 5.33. The van der Waals surface area contributed by atoms with E-state index in [2.05, 4.69) is 55.3 Å². The summed E-state index contributed by atoms with van der Waals surface area (Å²) in [5, 5.41) is 3.73. The zero-order valence-electron chi connectivity index (χ0n) is 12.8. The van der Waals surface area contributed by atoms with Crippen LogP contribution < -0.4 is 5.32 Å². The largest absolute Gasteiger partial charge is 0.307 e. The molecule has 0 spiro atoms. The van der Waals surface area contributed by atoms with E-state index in [1.807, 2.05) is 17.1 Å². The number of rotatable bonds is 7. The number of nitrogens with one attached hydrogen (secondary N) is 1. The van der Waals surface area contributed by atoms with Crippen LogP contribution in [0.15, 0.2) is 43.0 Å². The highest BCUT2D eigenvalue weighted by Gasteiger charge is 2.22. The summed E-state index contributed by atoms with van der Waals surface area (Å²) in [7, 11) is 0. The fourth-order valence-electron chi connectivity index (χ4n) is 2.61. The molecule has 1 aromatic heterocycles. The third-order valence-corrected chi connectivity index (χ3v) is 4.44. The minimum Gasteiger partial charge on any atom is -0.307 e. The van der Waals surface area contributed by atoms with E-state index in [1.54, 1.807) is 6.20 Å². The van der Waals surface area contributed by atoms with Crippen molar-refractivity contribution in [3.63, 3.8) is 0 Å². The molecule has 0 aliphatic carbocycles. The van der Waals surface area contributed by atoms with Gasteiger partial charge in [0.1, 0.15) is 0 Å². The Bertz CT molecular complexity index is 487. The molecule has 3 heteroatoms. The summed E-state index contributed by atoms with van der Waals surface area (Å²) >= 11 is 0. The Balaban J connectivity index is 2.01. The van der Waals surface area contributed by atoms with E-state index in [-0.39, 0.29) is 5.54 Å². The van der Waals surface area contributed by atoms with Gasteiger partial charge in [0.25, 0.3) is 0 Å². The normalized spacial score (nSPS) is 11.8. The highest BCUT2D eigenvalue weighted by Crippen LogP contribution is 2.20. The SMILES string of the molecule is CCC(CC)(CC)NCc1ccc(-n2ccnc2)cc1. The van der Waals surface area contributed by atoms with Gasteiger partial charge in [0.05, 0.1) is 6.33 Å². The molecule has 0 unspecified atom stereocenters. The highest BCUT2D eigenvalue weighted by molar-refractivity contribution is 5.34. The molecule has 2 aromatic rings. The number of hydrogen-bond donors (Lipinski definition) is 1. The smallest absolute Gasteiger partial charge is 0.0991 e. The third-order valence-electron chi connectivity index (χ3n) is 4.44. The summed E-state index contributed by atoms with van der Waals surface area (Å²) in [4.78, 5) is 4.07. The van der Waals surface area contributed by atoms with E-state index in [0.717, 1.165) is 12.2 Å². The summed E-state index contributed by atoms with van der Waals surface area (Å²) in [6.45, 7) is 7.73. The molecule has 0 aliphatic heterocycles. The van der Waals surface area contributed by atoms with Crippen LogP contribution in [0.1, 0.15) is 45.6 Å². The molecule has 0 saturated heterocycles. The van der Waals surface area contributed by atoms with Crippen molar-refractivity contribution in [3.8, 4) is 5.69 Å². The van der Waals surface area contributed by atoms with Crippen LogP contribution in [0.2, 0.25) is 0 Å². The van der Waals surface area contributed by atoms with E-state index in [1.165, 1.54) is 24.8 Å². The van der Waals surface area contributed by atoms with Crippen molar-refractivity contribution >= 4 is 0 Å². The first-order chi connectivity index (χ1) is 9.73. The lowest BCUT2D eigenvalue weighted by Crippen LogP contribution is -2.43. The van der Waals surface area contributed by atoms with Crippen molar-refractivity contribution in [1.82, 2.24) is 14.9 Å². The first-order valence-corrected chi connectivity index (χ1v) is 7.55. The Labute approximate surface area is 122 Å². The summed E-state index contributed by atoms with van der Waals surface area (Å²) < 4.78 is 2.02. The molecule has 0 atom stereocenters. The second kappa shape index (κ2) is 6.71. The van der Waals surface area contributed by atoms with Crippen molar-refractivity contribution in [1.29, 1.82) is 0 Å². The Morgan fingerprint density at radius 2 is 1.70 bits per heavy atom. The standard InChI is InChI=1S/C17H25N3/c1-4-17(5-2,6-3)19-13-15-7-9-16(10-8-15)20-12-11-18-14-20/h7-12,14,19H,4-6,13H2,1-3H3. The highest BCUT2D eigenvalue weighted by atomic mass is 15.0. The van der Waals surface area contributed by atoms with E-state index >= 15 is 0 Å². The fraction of sp³-hybridized carbons (Fsp3) is 0.471. The quantitative estimate of drug-likeness (QED) is 0.827. The zero-order valence-corrected chi connectivity index (χ0v) is 12.8. The topological polar surface area (TPSA) is 29.9 Å². The number of hydrogen-bond acceptors (Lipinski definition) is 2. The van der Waals surface area contributed by atoms with Crippen LogP contribution in [0, 0.1) is 0 Å². The van der Waals surface area contributed by atoms with Gasteiger partial charge in [0.15, 0.2) is 0 Å². The third kappa shape index (κ3) is 3.28. The van der Waals surface area contributed by atoms with Gasteiger partial charge in [-0.15, -0.1) is 0 Å². The first kappa shape index (κ1) is 14.8. The van der Waals surface area contributed by atoms with E-state index in [9.17, 15) is 0 Å². The fourth-order valence-corrected chi connectivity index (χ4v) is 2.61. The van der Waals surface area contributed by atoms with Crippen molar-refractivity contribution in [2.75, 3.05) is 0 Å². The molecular weight excluding hydrogens is 246 g/mol. The Morgan fingerprint density at radius 3 is 2.20 bits per heavy atom. The van der Waals surface area contributed by atoms with Crippen LogP contribution >= 0.6 is 0 Å². The maximum absolute atomic E-state index is 4.07. The average molecular weight is 271 g/mol. The maximum atomic E-state index is 4.07. The van der Waals surface area contributed by atoms with Crippen LogP contribution in [0.3, 0.4) is 0 Å². The van der Waals surface area contributed by atoms with Crippen molar-refractivity contribution in [2.45, 2.75) is 52.1 Å². The van der Waals surface area contributed by atoms with Crippen molar-refractivity contribution in [3.05, 3.63) is 48.5 Å². The van der Waals surface area contributed by atoms with Crippen LogP contribution in [-0.2, 0) is 6.54 Å². The molecule has 1 heterocycles. The zero-order chi connectivity index (χ0) is 14.4. The summed E-state index contributed by atoms with van der Waals surface area (Å²) in [6, 6.07) is 8.66. The van der Waals surface area contributed by atoms with Gasteiger partial charge in [0, 0.05) is 30.2 Å². The Morgan fingerprint density at radius 1 is 1.05 bits per heavy atom. The number of nitrogens with zero attached hydrogens (tertiary/aromatic N) is 2. The molecule has 2 rings (SSSR count). The summed E-state index contributed by atoms with van der Waals surface area (Å²) in [5.41, 5.74) is 2.76. The lowest BCUT2D eigenvalue weighted by Gasteiger charge is -2.32. The van der Waals surface area contributed by atoms with Crippen LogP contribution in [0.25, 0.3) is 5.69 Å². The molecule has 1 aromatic carbocycles. The number of imidazole rings is 1. The molecule has 1 N–H and O–H groups in total. The molecule has 0 saturated carbocycles. The van der Waals surface area contributed by atoms with E-state index < -0.39 is 0 Å². The summed E-state index contributed by atoms with van der Waals surface area (Å²) in [5.74, 6) is 0. The van der Waals surface area contributed by atoms with Crippen molar-refractivity contribution < 1.29 is 0 Å². The molecule has 3 nitrogen and oxygen atoms in total. The van der Waals surface area contributed by atoms with Gasteiger partial charge in [-0.25, -0.2) is 4.98 Å².